The summed E-state index contributed by atoms with van der Waals surface area (Å²) >= 11 is 0. The second kappa shape index (κ2) is 36.1. The maximum atomic E-state index is 8.78. The van der Waals surface area contributed by atoms with Gasteiger partial charge in [-0.05, 0) is 0 Å². The molecule has 0 bridgehead atoms. The predicted molar refractivity (Wildman–Crippen MR) is 64.1 cm³/mol. The number of unbranched alkanes of at least 4 members (excludes halogenated alkanes) is 2. The maximum absolute atomic E-state index is 8.78. The monoisotopic (exact) mass is 314 g/mol. The van der Waals surface area contributed by atoms with Crippen molar-refractivity contribution in [2.24, 2.45) is 5.73 Å². The Morgan fingerprint density at radius 3 is 1.24 bits per heavy atom. The summed E-state index contributed by atoms with van der Waals surface area (Å²) in [6, 6.07) is 0. The summed E-state index contributed by atoms with van der Waals surface area (Å²) < 4.78 is 24.1. The van der Waals surface area contributed by atoms with Crippen molar-refractivity contribution in [2.75, 3.05) is 0 Å². The minimum Gasteiger partial charge on any atom is -0.465 e. The van der Waals surface area contributed by atoms with Crippen LogP contribution in [-0.4, -0.2) is 15.8 Å². The van der Waals surface area contributed by atoms with Crippen LogP contribution in [0.5, 0.6) is 0 Å². The first-order valence-corrected chi connectivity index (χ1v) is 5.68. The van der Waals surface area contributed by atoms with E-state index < -0.39 is 17.1 Å². The molecule has 0 aliphatic heterocycles. The topological polar surface area (TPSA) is 118 Å². The van der Waals surface area contributed by atoms with Gasteiger partial charge in [-0.25, -0.2) is 4.79 Å². The van der Waals surface area contributed by atoms with Crippen LogP contribution in [0.1, 0.15) is 39.5 Å². The van der Waals surface area contributed by atoms with Crippen molar-refractivity contribution in [1.82, 2.24) is 0 Å². The van der Waals surface area contributed by atoms with Crippen molar-refractivity contribution in [1.29, 1.82) is 0 Å². The van der Waals surface area contributed by atoms with Crippen molar-refractivity contribution >= 4 is 17.1 Å². The fraction of sp³-hybridized carbons (Fsp3) is 0.667. The van der Waals surface area contributed by atoms with Crippen molar-refractivity contribution in [3.8, 4) is 0 Å². The van der Waals surface area contributed by atoms with Crippen LogP contribution in [0.3, 0.4) is 0 Å². The van der Waals surface area contributed by atoms with Gasteiger partial charge in [0.05, 0.1) is 0 Å². The molecule has 0 rings (SSSR count). The van der Waals surface area contributed by atoms with Crippen molar-refractivity contribution in [3.63, 3.8) is 0 Å². The van der Waals surface area contributed by atoms with Crippen LogP contribution in [0.25, 0.3) is 0 Å². The number of primary amides is 1. The number of carboxylic acid groups (broad SMARTS) is 1. The molecule has 0 aliphatic carbocycles. The summed E-state index contributed by atoms with van der Waals surface area (Å²) in [5, 5.41) is 7.19. The number of amides is 1. The molecule has 0 aromatic heterocycles. The molecule has 0 unspecified atom stereocenters. The van der Waals surface area contributed by atoms with E-state index in [0.717, 1.165) is 12.8 Å². The molecule has 0 spiro atoms. The molecule has 0 atom stereocenters. The fourth-order valence-corrected chi connectivity index (χ4v) is 0. The van der Waals surface area contributed by atoms with E-state index in [4.69, 9.17) is 22.9 Å². The van der Waals surface area contributed by atoms with Crippen LogP contribution in [-0.2, 0) is 35.9 Å². The molecular weight excluding hydrogens is 293 g/mol. The zero-order valence-corrected chi connectivity index (χ0v) is 12.0. The van der Waals surface area contributed by atoms with Gasteiger partial charge >= 0.3 is 22.6 Å². The van der Waals surface area contributed by atoms with E-state index in [1.807, 2.05) is 0 Å². The van der Waals surface area contributed by atoms with Gasteiger partial charge in [-0.1, -0.05) is 26.7 Å². The van der Waals surface area contributed by atoms with Crippen LogP contribution in [0.2, 0.25) is 0 Å². The van der Waals surface area contributed by atoms with Crippen LogP contribution in [0, 0.1) is 13.8 Å². The molecule has 0 saturated carbocycles. The third kappa shape index (κ3) is 1050. The Morgan fingerprint density at radius 1 is 1.18 bits per heavy atom. The average Bonchev–Trinajstić information content (AvgIpc) is 2.16. The summed E-state index contributed by atoms with van der Waals surface area (Å²) in [5.41, 5.74) is 4.03. The number of hydrogen-bond acceptors (Lipinski definition) is 4. The summed E-state index contributed by atoms with van der Waals surface area (Å²) in [5.74, 6) is 0. The molecule has 0 fully saturated rings. The first kappa shape index (κ1) is 30.1. The Hall–Kier alpha value is -0.326. The summed E-state index contributed by atoms with van der Waals surface area (Å²) in [4.78, 5) is 8.78. The quantitative estimate of drug-likeness (QED) is 0.238. The van der Waals surface area contributed by atoms with Gasteiger partial charge in [0.25, 0.3) is 0 Å². The van der Waals surface area contributed by atoms with Crippen LogP contribution in [0.4, 0.5) is 4.79 Å². The Labute approximate surface area is 116 Å². The van der Waals surface area contributed by atoms with Crippen LogP contribution < -0.4 is 5.73 Å². The number of hydrogen-bond donors (Lipinski definition) is 3. The maximum Gasteiger partial charge on any atom is 3.00 e. The number of carbonyl (C=O) groups is 1. The van der Waals surface area contributed by atoms with Crippen LogP contribution >= 0.6 is 0 Å². The van der Waals surface area contributed by atoms with Gasteiger partial charge in [0.15, 0.2) is 0 Å². The Balaban J connectivity index is -0.0000000369. The third-order valence-electron chi connectivity index (χ3n) is 0.707. The number of nitrogens with two attached hydrogens (primary N) is 1. The Bertz CT molecular complexity index is 168. The van der Waals surface area contributed by atoms with Gasteiger partial charge in [0.1, 0.15) is 0 Å². The van der Waals surface area contributed by atoms with E-state index in [0.29, 0.717) is 0 Å². The molecule has 0 saturated heterocycles. The molecule has 4 N–H and O–H groups in total. The molecule has 6 nitrogen and oxygen atoms in total. The van der Waals surface area contributed by atoms with E-state index in [1.165, 1.54) is 12.8 Å². The van der Waals surface area contributed by atoms with Gasteiger partial charge < -0.3 is 37.7 Å². The largest absolute Gasteiger partial charge is 3.00 e. The molecule has 8 heteroatoms. The molecule has 17 heavy (non-hydrogen) atoms. The van der Waals surface area contributed by atoms with E-state index in [9.17, 15) is 0 Å². The molecule has 109 valence electrons. The van der Waals surface area contributed by atoms with Gasteiger partial charge in [-0.15, -0.1) is 0 Å². The first-order valence-electron chi connectivity index (χ1n) is 4.65. The van der Waals surface area contributed by atoms with Gasteiger partial charge in [0.2, 0.25) is 0 Å². The molecule has 0 heterocycles. The molecule has 0 aromatic rings. The van der Waals surface area contributed by atoms with E-state index in [-0.39, 0.29) is 16.5 Å². The number of rotatable bonds is 2. The molecule has 1 amide bonds. The molecule has 0 aromatic carbocycles. The predicted octanol–water partition coefficient (Wildman–Crippen LogP) is 2.63. The minimum atomic E-state index is -2.86. The second-order valence-electron chi connectivity index (χ2n) is 2.26. The fourth-order valence-electron chi connectivity index (χ4n) is 0. The molecular formula is C9H22NNiO5S. The zero-order valence-electron chi connectivity index (χ0n) is 10.2. The van der Waals surface area contributed by atoms with Crippen LogP contribution in [0.15, 0.2) is 0 Å². The van der Waals surface area contributed by atoms with Gasteiger partial charge in [0, 0.05) is 11.0 Å². The molecule has 1 radical (unpaired) electrons. The van der Waals surface area contributed by atoms with Crippen molar-refractivity contribution in [3.05, 3.63) is 13.8 Å². The second-order valence-corrected chi connectivity index (χ2v) is 2.70. The molecule has 0 aliphatic rings. The van der Waals surface area contributed by atoms with E-state index >= 15 is 0 Å². The summed E-state index contributed by atoms with van der Waals surface area (Å²) in [7, 11) is -2.86. The third-order valence-corrected chi connectivity index (χ3v) is 0.707. The van der Waals surface area contributed by atoms with E-state index in [1.54, 1.807) is 0 Å². The van der Waals surface area contributed by atoms with Crippen molar-refractivity contribution in [2.45, 2.75) is 39.5 Å². The zero-order chi connectivity index (χ0) is 14.0. The van der Waals surface area contributed by atoms with Crippen molar-refractivity contribution < 1.29 is 39.4 Å². The van der Waals surface area contributed by atoms with Gasteiger partial charge in [-0.3, -0.25) is 0 Å². The minimum absolute atomic E-state index is 0. The average molecular weight is 315 g/mol. The standard InChI is InChI=1S/2C4H9.CH3NO2.Ni.HO3S/c2*1-3-4-2;2-1(3)4;;1-4(2)3/h2*1,3-4H2,2H3;2H2,(H,3,4);;(H,1,2,3)/q2*-1;;+3;-1. The smallest absolute Gasteiger partial charge is 0.465 e. The SMILES string of the molecule is NC(=O)O.O=[S-](=O)O.[CH2-]CCC.[CH2-]CCC.[Ni+3]. The Kier molecular flexibility index (Phi) is 63.8. The first-order chi connectivity index (χ1) is 7.29. The summed E-state index contributed by atoms with van der Waals surface area (Å²) in [6.45, 7) is 11.4. The van der Waals surface area contributed by atoms with E-state index in [2.05, 4.69) is 33.4 Å². The Morgan fingerprint density at radius 2 is 1.24 bits per heavy atom. The normalized spacial score (nSPS) is 6.94. The summed E-state index contributed by atoms with van der Waals surface area (Å²) in [6.07, 6.45) is 3.22. The van der Waals surface area contributed by atoms with Gasteiger partial charge in [-0.2, -0.15) is 12.8 Å².